The second-order valence-electron chi connectivity index (χ2n) is 19.0. The number of carbonyl (C=O) groups is 4. The first-order valence-corrected chi connectivity index (χ1v) is 22.1. The number of hydrogen-bond donors (Lipinski definition) is 3. The molecule has 3 heterocycles. The van der Waals surface area contributed by atoms with Gasteiger partial charge in [-0.3, -0.25) is 19.1 Å². The minimum atomic E-state index is -4.34. The van der Waals surface area contributed by atoms with Gasteiger partial charge in [-0.1, -0.05) is 27.2 Å². The highest BCUT2D eigenvalue weighted by atomic mass is 32.2. The van der Waals surface area contributed by atoms with E-state index >= 15 is 8.78 Å². The molecule has 1 aromatic heterocycles. The predicted molar refractivity (Wildman–Crippen MR) is 202 cm³/mol. The molecule has 4 aliphatic carbocycles. The van der Waals surface area contributed by atoms with Crippen LogP contribution in [0.25, 0.3) is 11.0 Å². The van der Waals surface area contributed by atoms with E-state index in [2.05, 4.69) is 20.6 Å². The van der Waals surface area contributed by atoms with Crippen molar-refractivity contribution in [1.82, 2.24) is 30.2 Å². The van der Waals surface area contributed by atoms with Crippen molar-refractivity contribution in [1.29, 1.82) is 0 Å². The Bertz CT molecular complexity index is 2280. The molecule has 14 nitrogen and oxygen atoms in total. The van der Waals surface area contributed by atoms with Crippen LogP contribution in [-0.4, -0.2) is 94.6 Å². The van der Waals surface area contributed by atoms with Crippen LogP contribution in [0.4, 0.5) is 31.1 Å². The van der Waals surface area contributed by atoms with Gasteiger partial charge in [0.25, 0.3) is 11.8 Å². The Morgan fingerprint density at radius 1 is 0.967 bits per heavy atom. The third-order valence-corrected chi connectivity index (χ3v) is 15.7. The third kappa shape index (κ3) is 8.07. The molecule has 2 aliphatic heterocycles. The van der Waals surface area contributed by atoms with Gasteiger partial charge in [-0.2, -0.15) is 8.78 Å². The summed E-state index contributed by atoms with van der Waals surface area (Å²) in [4.78, 5) is 65.2. The van der Waals surface area contributed by atoms with Crippen LogP contribution in [0.5, 0.6) is 5.88 Å². The zero-order valence-electron chi connectivity index (χ0n) is 33.9. The van der Waals surface area contributed by atoms with Crippen LogP contribution in [-0.2, 0) is 35.1 Å². The van der Waals surface area contributed by atoms with Gasteiger partial charge < -0.3 is 25.0 Å². The number of fused-ring (bicyclic) bond motifs is 7. The number of amides is 4. The lowest BCUT2D eigenvalue weighted by Crippen LogP contribution is -2.60. The van der Waals surface area contributed by atoms with Gasteiger partial charge in [0.15, 0.2) is 17.3 Å². The molecule has 61 heavy (non-hydrogen) atoms. The van der Waals surface area contributed by atoms with Crippen LogP contribution < -0.4 is 20.1 Å². The summed E-state index contributed by atoms with van der Waals surface area (Å²) in [5.74, 6) is -12.0. The first-order valence-electron chi connectivity index (χ1n) is 20.6. The fourth-order valence-electron chi connectivity index (χ4n) is 9.33. The highest BCUT2D eigenvalue weighted by Crippen LogP contribution is 2.58. The maximum atomic E-state index is 16.3. The minimum absolute atomic E-state index is 0.00767. The largest absolute Gasteiger partial charge is 0.471 e. The highest BCUT2D eigenvalue weighted by Gasteiger charge is 2.67. The van der Waals surface area contributed by atoms with Crippen LogP contribution in [0.2, 0.25) is 0 Å². The van der Waals surface area contributed by atoms with Crippen LogP contribution in [0.1, 0.15) is 97.6 Å². The summed E-state index contributed by atoms with van der Waals surface area (Å²) >= 11 is 0. The van der Waals surface area contributed by atoms with Crippen molar-refractivity contribution in [2.24, 2.45) is 29.1 Å². The zero-order valence-corrected chi connectivity index (χ0v) is 34.7. The molecule has 1 saturated heterocycles. The lowest BCUT2D eigenvalue weighted by atomic mass is 9.85. The summed E-state index contributed by atoms with van der Waals surface area (Å²) in [5.41, 5.74) is -5.19. The van der Waals surface area contributed by atoms with Crippen molar-refractivity contribution in [2.45, 2.75) is 139 Å². The topological polar surface area (TPSA) is 186 Å². The third-order valence-electron chi connectivity index (χ3n) is 13.5. The average molecular weight is 887 g/mol. The number of hydrogen-bond acceptors (Lipinski definition) is 10. The van der Waals surface area contributed by atoms with Crippen LogP contribution in [0.3, 0.4) is 0 Å². The molecule has 4 amide bonds. The van der Waals surface area contributed by atoms with Crippen molar-refractivity contribution < 1.29 is 63.4 Å². The first-order chi connectivity index (χ1) is 28.4. The van der Waals surface area contributed by atoms with Gasteiger partial charge in [0.1, 0.15) is 29.8 Å². The maximum absolute atomic E-state index is 16.3. The van der Waals surface area contributed by atoms with E-state index in [1.807, 2.05) is 4.72 Å². The lowest BCUT2D eigenvalue weighted by Gasteiger charge is -2.36. The Hall–Kier alpha value is -4.43. The fraction of sp³-hybridized carbons (Fsp3) is 0.700. The van der Waals surface area contributed by atoms with E-state index in [9.17, 15) is 45.2 Å². The highest BCUT2D eigenvalue weighted by molar-refractivity contribution is 7.91. The number of alkyl carbamates (subject to hydrolysis) is 1. The number of alkyl halides is 4. The van der Waals surface area contributed by atoms with Crippen LogP contribution in [0.15, 0.2) is 12.1 Å². The molecule has 0 unspecified atom stereocenters. The van der Waals surface area contributed by atoms with E-state index in [1.165, 1.54) is 6.92 Å². The average Bonchev–Trinajstić information content (AvgIpc) is 4.12. The molecular formula is C40H48F6N6O8S. The first kappa shape index (κ1) is 43.2. The summed E-state index contributed by atoms with van der Waals surface area (Å²) in [6.45, 7) is 5.73. The van der Waals surface area contributed by atoms with E-state index < -0.39 is 147 Å². The van der Waals surface area contributed by atoms with Crippen LogP contribution >= 0.6 is 0 Å². The molecule has 21 heteroatoms. The fourth-order valence-corrected chi connectivity index (χ4v) is 10.6. The summed E-state index contributed by atoms with van der Waals surface area (Å²) in [6.07, 6.45) is -5.22. The molecule has 5 fully saturated rings. The maximum Gasteiger partial charge on any atom is 0.408 e. The number of nitrogens with zero attached hydrogens (tertiary/aromatic N) is 3. The normalized spacial score (nSPS) is 33.2. The smallest absolute Gasteiger partial charge is 0.408 e. The van der Waals surface area contributed by atoms with Crippen molar-refractivity contribution in [3.05, 3.63) is 29.5 Å². The molecule has 2 aromatic rings. The van der Waals surface area contributed by atoms with Gasteiger partial charge in [0, 0.05) is 25.0 Å². The van der Waals surface area contributed by atoms with Crippen molar-refractivity contribution in [3.63, 3.8) is 0 Å². The standard InChI is InChI=1S/C40H48F6N6O8S/c1-37(2,3)30-34(54)52-17-19(13-27(52)32(53)50-39(16-22(39)31(43)44)35(55)51-61(57,58)38(4)9-10-38)59-33-29(47-25-14-23(41)24(42)15-26(25)48-33)40(45,46)8-6-5-7-20-21-11-18(21)12-28(20)60-36(56)49-30/h14-15,18-22,27-28,30-31H,5-13,16-17H2,1-4H3,(H,49,56)(H,50,53)(H,51,55)/t18-,19+,20+,21-,22-,27-,28+,30+,39+/m0/s1. The second-order valence-corrected chi connectivity index (χ2v) is 21.2. The van der Waals surface area contributed by atoms with Gasteiger partial charge in [0.2, 0.25) is 34.1 Å². The van der Waals surface area contributed by atoms with E-state index in [4.69, 9.17) is 9.47 Å². The molecule has 1 aromatic carbocycles. The van der Waals surface area contributed by atoms with Gasteiger partial charge in [0.05, 0.1) is 28.2 Å². The Morgan fingerprint density at radius 2 is 1.64 bits per heavy atom. The van der Waals surface area contributed by atoms with E-state index in [-0.39, 0.29) is 36.6 Å². The number of ether oxygens (including phenoxy) is 2. The molecule has 3 N–H and O–H groups in total. The number of sulfonamides is 1. The van der Waals surface area contributed by atoms with Gasteiger partial charge in [-0.15, -0.1) is 0 Å². The number of aromatic nitrogens is 2. The van der Waals surface area contributed by atoms with Crippen molar-refractivity contribution >= 4 is 44.9 Å². The number of carbonyl (C=O) groups excluding carboxylic acids is 4. The summed E-state index contributed by atoms with van der Waals surface area (Å²) < 4.78 is 128. The summed E-state index contributed by atoms with van der Waals surface area (Å²) in [5, 5.41) is 4.95. The quantitative estimate of drug-likeness (QED) is 0.325. The Balaban J connectivity index is 1.16. The van der Waals surface area contributed by atoms with Gasteiger partial charge >= 0.3 is 6.09 Å². The summed E-state index contributed by atoms with van der Waals surface area (Å²) in [6, 6.07) is -1.79. The molecule has 0 radical (unpaired) electrons. The lowest BCUT2D eigenvalue weighted by molar-refractivity contribution is -0.143. The number of benzene rings is 1. The van der Waals surface area contributed by atoms with Crippen LogP contribution in [0, 0.1) is 40.7 Å². The second kappa shape index (κ2) is 14.8. The Morgan fingerprint density at radius 3 is 2.26 bits per heavy atom. The molecule has 9 atom stereocenters. The van der Waals surface area contributed by atoms with Gasteiger partial charge in [-0.05, 0) is 75.0 Å². The summed E-state index contributed by atoms with van der Waals surface area (Å²) in [7, 11) is -4.34. The minimum Gasteiger partial charge on any atom is -0.471 e. The molecule has 334 valence electrons. The number of halogens is 6. The van der Waals surface area contributed by atoms with Gasteiger partial charge in [-0.25, -0.2) is 40.7 Å². The SMILES string of the molecule is CC(C)(C)[C@@H]1NC(=O)O[C@@H]2C[C@@H]3C[C@@H]3[C@H]2CCCCC(F)(F)c2nc3cc(F)c(F)cc3nc2O[C@@H]2C[C@@H](C(=O)N[C@]3(C(=O)NS(=O)(=O)C4(C)CC4)C[C@H]3C(F)F)N(C2)C1=O. The molecule has 0 spiro atoms. The number of rotatable bonds is 6. The zero-order chi connectivity index (χ0) is 44.2. The van der Waals surface area contributed by atoms with E-state index in [0.717, 1.165) is 11.3 Å². The molecule has 8 rings (SSSR count). The monoisotopic (exact) mass is 886 g/mol. The predicted octanol–water partition coefficient (Wildman–Crippen LogP) is 5.23. The Labute approximate surface area is 347 Å². The molecular weight excluding hydrogens is 839 g/mol. The molecule has 2 bridgehead atoms. The van der Waals surface area contributed by atoms with Crippen molar-refractivity contribution in [2.75, 3.05) is 6.54 Å². The molecule has 4 saturated carbocycles. The number of nitrogens with one attached hydrogen (secondary N) is 3. The molecule has 6 aliphatic rings. The van der Waals surface area contributed by atoms with E-state index in [0.29, 0.717) is 37.3 Å². The Kier molecular flexibility index (Phi) is 10.5. The van der Waals surface area contributed by atoms with E-state index in [1.54, 1.807) is 20.8 Å². The van der Waals surface area contributed by atoms with Crippen molar-refractivity contribution in [3.8, 4) is 5.88 Å².